The summed E-state index contributed by atoms with van der Waals surface area (Å²) in [6.07, 6.45) is -4.37. The van der Waals surface area contributed by atoms with Gasteiger partial charge in [-0.25, -0.2) is 13.8 Å². The fourth-order valence-electron chi connectivity index (χ4n) is 9.26. The average molecular weight is 1470 g/mol. The third-order valence-electron chi connectivity index (χ3n) is 13.0. The number of aromatic nitrogens is 1. The van der Waals surface area contributed by atoms with E-state index in [1.54, 1.807) is 13.8 Å². The maximum absolute atomic E-state index is 14.3. The number of nitrogens with one attached hydrogen (secondary N) is 1. The summed E-state index contributed by atoms with van der Waals surface area (Å²) in [5.41, 5.74) is 13.0. The van der Waals surface area contributed by atoms with Gasteiger partial charge in [0.2, 0.25) is 12.6 Å². The number of benzene rings is 8. The minimum absolute atomic E-state index is 0. The van der Waals surface area contributed by atoms with Gasteiger partial charge in [0, 0.05) is 54.3 Å². The van der Waals surface area contributed by atoms with Crippen LogP contribution < -0.4 is 154 Å². The minimum Gasteiger partial charge on any atom is -1.00 e. The molecule has 0 fully saturated rings. The van der Waals surface area contributed by atoms with Crippen molar-refractivity contribution in [2.75, 3.05) is 31.7 Å². The van der Waals surface area contributed by atoms with Gasteiger partial charge in [0.05, 0.1) is 11.4 Å². The van der Waals surface area contributed by atoms with Gasteiger partial charge >= 0.3 is 138 Å². The van der Waals surface area contributed by atoms with E-state index in [1.807, 2.05) is 178 Å². The summed E-state index contributed by atoms with van der Waals surface area (Å²) in [5, 5.41) is 13.8. The number of nitrogens with two attached hydrogens (primary N) is 1. The predicted molar refractivity (Wildman–Crippen MR) is 339 cm³/mol. The molecule has 0 radical (unpaired) electrons. The van der Waals surface area contributed by atoms with Crippen LogP contribution in [0.2, 0.25) is 10.0 Å². The zero-order chi connectivity index (χ0) is 61.4. The van der Waals surface area contributed by atoms with E-state index in [-0.39, 0.29) is 146 Å². The molecule has 0 unspecified atom stereocenters. The summed E-state index contributed by atoms with van der Waals surface area (Å²) >= 11 is 11.8. The van der Waals surface area contributed by atoms with Crippen LogP contribution in [0, 0.1) is 11.8 Å². The summed E-state index contributed by atoms with van der Waals surface area (Å²) in [4.78, 5) is 20.9. The van der Waals surface area contributed by atoms with Gasteiger partial charge in [-0.1, -0.05) is 229 Å². The fourth-order valence-corrected chi connectivity index (χ4v) is 9.52. The van der Waals surface area contributed by atoms with Gasteiger partial charge in [-0.2, -0.15) is 0 Å². The number of pyridine rings is 1. The average Bonchev–Trinajstić information content (AvgIpc) is 0.824. The first-order valence-corrected chi connectivity index (χ1v) is 28.7. The van der Waals surface area contributed by atoms with E-state index in [9.17, 15) is 8.78 Å². The normalized spacial score (nSPS) is 10.9. The van der Waals surface area contributed by atoms with Gasteiger partial charge in [-0.05, 0) is 115 Å². The van der Waals surface area contributed by atoms with E-state index in [2.05, 4.69) is 101 Å². The minimum atomic E-state index is -2.88. The van der Waals surface area contributed by atoms with Crippen LogP contribution in [0.25, 0.3) is 11.3 Å². The quantitative estimate of drug-likeness (QED) is 0.0128. The summed E-state index contributed by atoms with van der Waals surface area (Å²) < 4.78 is 51.3. The first-order valence-electron chi connectivity index (χ1n) is 27.9. The number of hydrogen-bond acceptors (Lipinski definition) is 11. The third-order valence-corrected chi connectivity index (χ3v) is 13.5. The Morgan fingerprint density at radius 3 is 1.30 bits per heavy atom. The van der Waals surface area contributed by atoms with Crippen molar-refractivity contribution in [2.45, 2.75) is 64.3 Å². The van der Waals surface area contributed by atoms with Gasteiger partial charge in [0.15, 0.2) is 5.71 Å². The van der Waals surface area contributed by atoms with Gasteiger partial charge in [-0.15, -0.1) is 0 Å². The molecule has 88 heavy (non-hydrogen) atoms. The van der Waals surface area contributed by atoms with E-state index in [4.69, 9.17) is 67.9 Å². The number of nitrogens with zero attached hydrogens (tertiary/aromatic N) is 2. The Balaban J connectivity index is 0.000000380. The topological polar surface area (TPSA) is 150 Å². The van der Waals surface area contributed by atoms with Gasteiger partial charge in [-0.3, -0.25) is 9.79 Å². The molecule has 17 heteroatoms. The largest absolute Gasteiger partial charge is 1.00 e. The van der Waals surface area contributed by atoms with Crippen molar-refractivity contribution >= 4 is 41.1 Å². The molecule has 0 saturated carbocycles. The van der Waals surface area contributed by atoms with E-state index >= 15 is 0 Å². The van der Waals surface area contributed by atoms with Crippen LogP contribution in [0.3, 0.4) is 0 Å². The van der Waals surface area contributed by atoms with Crippen LogP contribution in [-0.4, -0.2) is 56.3 Å². The number of alkyl halides is 2. The maximum atomic E-state index is 14.3. The molecular weight excluding hydrogens is 1400 g/mol. The first-order chi connectivity index (χ1) is 42.0. The second kappa shape index (κ2) is 42.0. The molecule has 3 N–H and O–H groups in total. The molecule has 9 rings (SSSR count). The van der Waals surface area contributed by atoms with Crippen molar-refractivity contribution < 1.29 is 182 Å². The Hall–Kier alpha value is -4.29. The Morgan fingerprint density at radius 2 is 0.955 bits per heavy atom. The monoisotopic (exact) mass is 1460 g/mol. The predicted octanol–water partition coefficient (Wildman–Crippen LogP) is 9.32. The standard InChI is InChI=1S/C35H33ClN2O2.C28H27F2NO2.C7H8ClN.CH2O3.2Cs.H/c1-3-39-34(40-4-2)33-25-31(24-32(37-33)26-20-22-30(36)23-21-26)38-35(27-14-8-5-9-15-27,28-16-10-6-11-17-28)29-18-12-7-13-19-29;1-3-32-26(33-4-2)21-20-25(27(29)30)31-28(22-14-8-5-9-15-22,23-16-10-6-11-17-23)24-18-12-7-13-19-24;8-7-3-1-6(5-9)2-4-7;2-1-4-3;;;/h5-25,34H,3-4H2,1-2H3,(H,37,38);5-19,26-27H,3-4H2,1-2H3;1-4H,5,9H2;1,3H;;;/q;;;;2*+1;-1/p-1. The fraction of sp³-hybridized carbons (Fsp3) is 0.197. The molecule has 0 aliphatic rings. The van der Waals surface area contributed by atoms with E-state index in [0.29, 0.717) is 43.7 Å². The smallest absolute Gasteiger partial charge is 1.00 e. The number of carbonyl (C=O) groups is 1. The number of aliphatic imine (C=N–C) groups is 1. The Morgan fingerprint density at radius 1 is 0.591 bits per heavy atom. The molecular formula is C71H70Cl2Cs2F2N4O7. The van der Waals surface area contributed by atoms with Crippen LogP contribution in [0.1, 0.15) is 80.0 Å². The number of carbonyl (C=O) groups excluding carboxylic acids is 1. The van der Waals surface area contributed by atoms with Gasteiger partial charge < -0.3 is 41.6 Å². The molecule has 8 aromatic carbocycles. The van der Waals surface area contributed by atoms with Gasteiger partial charge in [0.1, 0.15) is 11.1 Å². The van der Waals surface area contributed by atoms with E-state index in [0.717, 1.165) is 60.9 Å². The van der Waals surface area contributed by atoms with Crippen molar-refractivity contribution in [3.63, 3.8) is 0 Å². The summed E-state index contributed by atoms with van der Waals surface area (Å²) in [5.74, 6) is 5.23. The van der Waals surface area contributed by atoms with E-state index in [1.165, 1.54) is 0 Å². The zero-order valence-corrected chi connectivity index (χ0v) is 64.4. The third kappa shape index (κ3) is 22.5. The zero-order valence-electron chi connectivity index (χ0n) is 51.3. The molecule has 0 atom stereocenters. The van der Waals surface area contributed by atoms with Crippen LogP contribution >= 0.6 is 23.2 Å². The molecule has 0 aliphatic heterocycles. The first kappa shape index (κ1) is 76.2. The van der Waals surface area contributed by atoms with Crippen LogP contribution in [-0.2, 0) is 46.3 Å². The van der Waals surface area contributed by atoms with Crippen molar-refractivity contribution in [3.8, 4) is 23.1 Å². The van der Waals surface area contributed by atoms with E-state index < -0.39 is 35.8 Å². The van der Waals surface area contributed by atoms with Crippen LogP contribution in [0.4, 0.5) is 14.5 Å². The van der Waals surface area contributed by atoms with Gasteiger partial charge in [0.25, 0.3) is 12.9 Å². The number of ether oxygens (including phenoxy) is 4. The molecule has 0 aliphatic carbocycles. The molecule has 0 saturated heterocycles. The van der Waals surface area contributed by atoms with Crippen LogP contribution in [0.5, 0.6) is 0 Å². The molecule has 446 valence electrons. The second-order valence-corrected chi connectivity index (χ2v) is 19.4. The Labute approximate surface area is 645 Å². The molecule has 1 aromatic heterocycles. The van der Waals surface area contributed by atoms with Crippen molar-refractivity contribution in [2.24, 2.45) is 10.7 Å². The van der Waals surface area contributed by atoms with Crippen molar-refractivity contribution in [3.05, 3.63) is 297 Å². The number of anilines is 1. The molecule has 0 bridgehead atoms. The molecule has 1 heterocycles. The Bertz CT molecular complexity index is 3280. The number of hydrogen-bond donors (Lipinski definition) is 2. The SMILES string of the molecule is CCOC(C#CC(=NC(c1ccccc1)(c1ccccc1)c1ccccc1)C(F)F)OCC.CCOC(OCC)c1cc(NC(c2ccccc2)(c2ccccc2)c2ccccc2)cc(-c2ccc(Cl)cc2)n1.NCc1ccc(Cl)cc1.O=CO[O-].[Cs+].[Cs+].[H-]. The van der Waals surface area contributed by atoms with Crippen LogP contribution in [0.15, 0.2) is 248 Å². The summed E-state index contributed by atoms with van der Waals surface area (Å²) in [7, 11) is 0. The molecule has 0 spiro atoms. The second-order valence-electron chi connectivity index (χ2n) is 18.5. The molecule has 0 amide bonds. The molecule has 11 nitrogen and oxygen atoms in total. The maximum Gasteiger partial charge on any atom is 1.00 e. The number of rotatable bonds is 22. The number of halogens is 4. The Kier molecular flexibility index (Phi) is 36.3. The summed E-state index contributed by atoms with van der Waals surface area (Å²) in [6, 6.07) is 79.2. The molecule has 9 aromatic rings. The van der Waals surface area contributed by atoms with Crippen molar-refractivity contribution in [1.82, 2.24) is 4.98 Å². The van der Waals surface area contributed by atoms with Crippen molar-refractivity contribution in [1.29, 1.82) is 0 Å². The summed E-state index contributed by atoms with van der Waals surface area (Å²) in [6.45, 7) is 9.60.